The molecule has 2 saturated heterocycles. The summed E-state index contributed by atoms with van der Waals surface area (Å²) in [7, 11) is 0. The quantitative estimate of drug-likeness (QED) is 0.780. The zero-order chi connectivity index (χ0) is 12.7. The zero-order valence-electron chi connectivity index (χ0n) is 9.58. The van der Waals surface area contributed by atoms with Crippen LogP contribution in [0.5, 0.6) is 5.75 Å². The Kier molecular flexibility index (Phi) is 3.07. The number of ether oxygens (including phenoxy) is 3. The molecule has 4 atom stereocenters. The standard InChI is InChI=1S/C12H14ClNO4/c13-7-3-6(14)1-2-9(7)18-10-5-17-11-8(15)4-16-12(10)11/h1-3,8,10-12,15H,4-5,14H2/t8-,10-,11+,12+/m0/s1. The molecule has 2 fully saturated rings. The van der Waals surface area contributed by atoms with E-state index in [0.717, 1.165) is 0 Å². The highest BCUT2D eigenvalue weighted by molar-refractivity contribution is 6.32. The first-order valence-electron chi connectivity index (χ1n) is 5.78. The molecule has 3 rings (SSSR count). The van der Waals surface area contributed by atoms with E-state index in [4.69, 9.17) is 31.5 Å². The van der Waals surface area contributed by atoms with Gasteiger partial charge in [-0.15, -0.1) is 0 Å². The summed E-state index contributed by atoms with van der Waals surface area (Å²) in [6.45, 7) is 0.664. The predicted octanol–water partition coefficient (Wildman–Crippen LogP) is 0.828. The van der Waals surface area contributed by atoms with Crippen molar-refractivity contribution >= 4 is 17.3 Å². The van der Waals surface area contributed by atoms with E-state index in [1.54, 1.807) is 18.2 Å². The molecular formula is C12H14ClNO4. The van der Waals surface area contributed by atoms with Gasteiger partial charge in [0.2, 0.25) is 0 Å². The van der Waals surface area contributed by atoms with Gasteiger partial charge in [-0.3, -0.25) is 0 Å². The first-order chi connectivity index (χ1) is 8.65. The topological polar surface area (TPSA) is 73.9 Å². The molecule has 1 aromatic rings. The second kappa shape index (κ2) is 4.59. The molecule has 0 amide bonds. The van der Waals surface area contributed by atoms with Crippen LogP contribution in [0.4, 0.5) is 5.69 Å². The van der Waals surface area contributed by atoms with E-state index in [9.17, 15) is 5.11 Å². The molecule has 0 radical (unpaired) electrons. The molecule has 3 N–H and O–H groups in total. The van der Waals surface area contributed by atoms with Gasteiger partial charge in [0.05, 0.1) is 18.2 Å². The molecule has 18 heavy (non-hydrogen) atoms. The van der Waals surface area contributed by atoms with E-state index >= 15 is 0 Å². The van der Waals surface area contributed by atoms with Crippen LogP contribution < -0.4 is 10.5 Å². The van der Waals surface area contributed by atoms with Crippen LogP contribution in [0.15, 0.2) is 18.2 Å². The molecule has 0 saturated carbocycles. The summed E-state index contributed by atoms with van der Waals surface area (Å²) in [5.74, 6) is 0.546. The lowest BCUT2D eigenvalue weighted by molar-refractivity contribution is 0.00865. The molecule has 2 heterocycles. The lowest BCUT2D eigenvalue weighted by Crippen LogP contribution is -2.34. The monoisotopic (exact) mass is 271 g/mol. The van der Waals surface area contributed by atoms with Gasteiger partial charge in [-0.2, -0.15) is 0 Å². The van der Waals surface area contributed by atoms with Crippen molar-refractivity contribution in [1.29, 1.82) is 0 Å². The molecule has 0 unspecified atom stereocenters. The maximum Gasteiger partial charge on any atom is 0.151 e. The van der Waals surface area contributed by atoms with E-state index < -0.39 is 6.10 Å². The third-order valence-electron chi connectivity index (χ3n) is 3.22. The van der Waals surface area contributed by atoms with Gasteiger partial charge in [0.25, 0.3) is 0 Å². The van der Waals surface area contributed by atoms with Gasteiger partial charge in [-0.25, -0.2) is 0 Å². The molecule has 0 aromatic heterocycles. The van der Waals surface area contributed by atoms with Crippen molar-refractivity contribution in [3.63, 3.8) is 0 Å². The fourth-order valence-electron chi connectivity index (χ4n) is 2.32. The first-order valence-corrected chi connectivity index (χ1v) is 6.16. The Morgan fingerprint density at radius 2 is 2.06 bits per heavy atom. The van der Waals surface area contributed by atoms with Crippen LogP contribution in [0.25, 0.3) is 0 Å². The number of nitrogens with two attached hydrogens (primary N) is 1. The Bertz CT molecular complexity index is 456. The first kappa shape index (κ1) is 12.0. The van der Waals surface area contributed by atoms with Gasteiger partial charge in [0.1, 0.15) is 24.1 Å². The SMILES string of the molecule is Nc1ccc(O[C@H]2CO[C@H]3[C@@H]2OC[C@@H]3O)c(Cl)c1. The number of hydrogen-bond donors (Lipinski definition) is 2. The van der Waals surface area contributed by atoms with Crippen LogP contribution in [0.3, 0.4) is 0 Å². The fourth-order valence-corrected chi connectivity index (χ4v) is 2.55. The van der Waals surface area contributed by atoms with Crippen LogP contribution in [0, 0.1) is 0 Å². The van der Waals surface area contributed by atoms with Gasteiger partial charge in [0.15, 0.2) is 6.10 Å². The van der Waals surface area contributed by atoms with Gasteiger partial charge in [-0.1, -0.05) is 11.6 Å². The van der Waals surface area contributed by atoms with Gasteiger partial charge in [0, 0.05) is 5.69 Å². The average molecular weight is 272 g/mol. The van der Waals surface area contributed by atoms with E-state index in [1.165, 1.54) is 0 Å². The van der Waals surface area contributed by atoms with Gasteiger partial charge in [-0.05, 0) is 18.2 Å². The number of aliphatic hydroxyl groups is 1. The molecule has 0 bridgehead atoms. The number of hydrogen-bond acceptors (Lipinski definition) is 5. The normalized spacial score (nSPS) is 34.6. The van der Waals surface area contributed by atoms with Crippen LogP contribution in [0.1, 0.15) is 0 Å². The number of benzene rings is 1. The molecule has 0 aliphatic carbocycles. The maximum absolute atomic E-state index is 9.63. The minimum absolute atomic E-state index is 0.242. The highest BCUT2D eigenvalue weighted by Crippen LogP contribution is 2.33. The fraction of sp³-hybridized carbons (Fsp3) is 0.500. The molecule has 6 heteroatoms. The smallest absolute Gasteiger partial charge is 0.151 e. The van der Waals surface area contributed by atoms with Gasteiger partial charge >= 0.3 is 0 Å². The summed E-state index contributed by atoms with van der Waals surface area (Å²) in [6, 6.07) is 5.07. The molecule has 5 nitrogen and oxygen atoms in total. The second-order valence-electron chi connectivity index (χ2n) is 4.51. The number of halogens is 1. The Morgan fingerprint density at radius 1 is 1.28 bits per heavy atom. The van der Waals surface area contributed by atoms with E-state index in [-0.39, 0.29) is 24.9 Å². The third-order valence-corrected chi connectivity index (χ3v) is 3.51. The van der Waals surface area contributed by atoms with Crippen molar-refractivity contribution in [2.24, 2.45) is 0 Å². The van der Waals surface area contributed by atoms with Crippen molar-refractivity contribution in [3.05, 3.63) is 23.2 Å². The van der Waals surface area contributed by atoms with Crippen molar-refractivity contribution in [2.75, 3.05) is 18.9 Å². The van der Waals surface area contributed by atoms with Crippen molar-refractivity contribution in [3.8, 4) is 5.75 Å². The Morgan fingerprint density at radius 3 is 2.83 bits per heavy atom. The van der Waals surface area contributed by atoms with Crippen molar-refractivity contribution in [2.45, 2.75) is 24.4 Å². The number of anilines is 1. The molecule has 0 spiro atoms. The summed E-state index contributed by atoms with van der Waals surface area (Å²) in [5.41, 5.74) is 6.20. The molecular weight excluding hydrogens is 258 g/mol. The number of aliphatic hydroxyl groups excluding tert-OH is 1. The third kappa shape index (κ3) is 2.03. The van der Waals surface area contributed by atoms with Crippen molar-refractivity contribution in [1.82, 2.24) is 0 Å². The zero-order valence-corrected chi connectivity index (χ0v) is 10.3. The summed E-state index contributed by atoms with van der Waals surface area (Å²) in [5, 5.41) is 10.1. The predicted molar refractivity (Wildman–Crippen MR) is 65.8 cm³/mol. The number of fused-ring (bicyclic) bond motifs is 1. The molecule has 2 aliphatic heterocycles. The van der Waals surface area contributed by atoms with E-state index in [1.807, 2.05) is 0 Å². The number of nitrogen functional groups attached to an aromatic ring is 1. The van der Waals surface area contributed by atoms with E-state index in [2.05, 4.69) is 0 Å². The largest absolute Gasteiger partial charge is 0.484 e. The molecule has 2 aliphatic rings. The maximum atomic E-state index is 9.63. The minimum atomic E-state index is -0.578. The van der Waals surface area contributed by atoms with Crippen LogP contribution >= 0.6 is 11.6 Å². The highest BCUT2D eigenvalue weighted by Gasteiger charge is 2.48. The van der Waals surface area contributed by atoms with Crippen LogP contribution in [-0.4, -0.2) is 42.7 Å². The van der Waals surface area contributed by atoms with Gasteiger partial charge < -0.3 is 25.1 Å². The summed E-state index contributed by atoms with van der Waals surface area (Å²) in [6.07, 6.45) is -1.38. The lowest BCUT2D eigenvalue weighted by Gasteiger charge is -2.18. The Labute approximate surface area is 109 Å². The molecule has 1 aromatic carbocycles. The minimum Gasteiger partial charge on any atom is -0.484 e. The van der Waals surface area contributed by atoms with Crippen molar-refractivity contribution < 1.29 is 19.3 Å². The highest BCUT2D eigenvalue weighted by atomic mass is 35.5. The summed E-state index contributed by atoms with van der Waals surface area (Å²) in [4.78, 5) is 0. The number of rotatable bonds is 2. The summed E-state index contributed by atoms with van der Waals surface area (Å²) < 4.78 is 16.7. The molecule has 98 valence electrons. The average Bonchev–Trinajstić information content (AvgIpc) is 2.88. The van der Waals surface area contributed by atoms with E-state index in [0.29, 0.717) is 23.1 Å². The Balaban J connectivity index is 1.73. The second-order valence-corrected chi connectivity index (χ2v) is 4.92. The van der Waals surface area contributed by atoms with Crippen LogP contribution in [0.2, 0.25) is 5.02 Å². The summed E-state index contributed by atoms with van der Waals surface area (Å²) >= 11 is 6.04. The van der Waals surface area contributed by atoms with Crippen LogP contribution in [-0.2, 0) is 9.47 Å². The Hall–Kier alpha value is -1.01. The lowest BCUT2D eigenvalue weighted by atomic mass is 10.1.